The largest absolute Gasteiger partial charge is 0.296 e. The molecule has 0 bridgehead atoms. The first kappa shape index (κ1) is 15.9. The lowest BCUT2D eigenvalue weighted by Crippen LogP contribution is -2.13. The number of carbonyl (C=O) groups excluding carboxylic acids is 1. The maximum atomic E-state index is 12.1. The van der Waals surface area contributed by atoms with Crippen molar-refractivity contribution in [2.24, 2.45) is 0 Å². The Balaban J connectivity index is 2.13. The fourth-order valence-corrected chi connectivity index (χ4v) is 2.45. The van der Waals surface area contributed by atoms with Crippen LogP contribution in [-0.2, 0) is 17.6 Å². The number of aryl methyl sites for hydroxylation is 2. The Bertz CT molecular complexity index is 725. The van der Waals surface area contributed by atoms with Crippen LogP contribution < -0.4 is 5.32 Å². The van der Waals surface area contributed by atoms with Crippen LogP contribution in [0.2, 0.25) is 0 Å². The van der Waals surface area contributed by atoms with Gasteiger partial charge in [0.2, 0.25) is 5.13 Å². The van der Waals surface area contributed by atoms with Gasteiger partial charge in [0.25, 0.3) is 5.91 Å². The number of nitrogens with zero attached hydrogens (tertiary/aromatic N) is 3. The second kappa shape index (κ2) is 7.48. The van der Waals surface area contributed by atoms with Crippen LogP contribution in [0.15, 0.2) is 29.8 Å². The summed E-state index contributed by atoms with van der Waals surface area (Å²) in [6.07, 6.45) is 3.28. The van der Waals surface area contributed by atoms with Gasteiger partial charge in [-0.3, -0.25) is 10.1 Å². The molecule has 1 N–H and O–H groups in total. The van der Waals surface area contributed by atoms with E-state index in [9.17, 15) is 10.1 Å². The predicted octanol–water partition coefficient (Wildman–Crippen LogP) is 3.21. The minimum atomic E-state index is -0.471. The summed E-state index contributed by atoms with van der Waals surface area (Å²) in [6, 6.07) is 9.68. The zero-order valence-corrected chi connectivity index (χ0v) is 13.3. The number of rotatable bonds is 5. The molecule has 0 saturated carbocycles. The van der Waals surface area contributed by atoms with Crippen molar-refractivity contribution in [1.82, 2.24) is 10.2 Å². The first-order valence-corrected chi connectivity index (χ1v) is 7.82. The Morgan fingerprint density at radius 3 is 2.55 bits per heavy atom. The van der Waals surface area contributed by atoms with Gasteiger partial charge in [0, 0.05) is 0 Å². The van der Waals surface area contributed by atoms with E-state index >= 15 is 0 Å². The van der Waals surface area contributed by atoms with Crippen LogP contribution in [0, 0.1) is 11.3 Å². The Hall–Kier alpha value is -2.52. The molecule has 1 amide bonds. The zero-order chi connectivity index (χ0) is 15.9. The highest BCUT2D eigenvalue weighted by molar-refractivity contribution is 7.15. The van der Waals surface area contributed by atoms with E-state index in [1.165, 1.54) is 16.9 Å². The highest BCUT2D eigenvalue weighted by Gasteiger charge is 2.12. The molecule has 0 aliphatic heterocycles. The lowest BCUT2D eigenvalue weighted by atomic mass is 10.1. The van der Waals surface area contributed by atoms with Crippen molar-refractivity contribution in [2.75, 3.05) is 5.32 Å². The van der Waals surface area contributed by atoms with Crippen LogP contribution in [0.4, 0.5) is 5.13 Å². The maximum absolute atomic E-state index is 12.1. The fourth-order valence-electron chi connectivity index (χ4n) is 1.78. The molecule has 0 aliphatic carbocycles. The summed E-state index contributed by atoms with van der Waals surface area (Å²) in [5.74, 6) is -0.471. The van der Waals surface area contributed by atoms with Crippen LogP contribution in [0.1, 0.15) is 30.0 Å². The zero-order valence-electron chi connectivity index (χ0n) is 12.5. The number of anilines is 1. The minimum absolute atomic E-state index is 0.0393. The topological polar surface area (TPSA) is 78.7 Å². The summed E-state index contributed by atoms with van der Waals surface area (Å²) in [6.45, 7) is 4.04. The van der Waals surface area contributed by atoms with Crippen molar-refractivity contribution in [1.29, 1.82) is 5.26 Å². The summed E-state index contributed by atoms with van der Waals surface area (Å²) >= 11 is 1.31. The molecule has 0 atom stereocenters. The van der Waals surface area contributed by atoms with Gasteiger partial charge >= 0.3 is 0 Å². The number of amides is 1. The smallest absolute Gasteiger partial charge is 0.268 e. The molecule has 0 aliphatic rings. The summed E-state index contributed by atoms with van der Waals surface area (Å²) in [4.78, 5) is 12.1. The molecule has 1 heterocycles. The van der Waals surface area contributed by atoms with Gasteiger partial charge in [-0.2, -0.15) is 5.26 Å². The van der Waals surface area contributed by atoms with E-state index in [0.717, 1.165) is 23.4 Å². The third kappa shape index (κ3) is 3.99. The number of aromatic nitrogens is 2. The van der Waals surface area contributed by atoms with Gasteiger partial charge in [0.15, 0.2) is 0 Å². The summed E-state index contributed by atoms with van der Waals surface area (Å²) < 4.78 is 0. The van der Waals surface area contributed by atoms with E-state index in [0.29, 0.717) is 5.13 Å². The third-order valence-electron chi connectivity index (χ3n) is 3.05. The van der Waals surface area contributed by atoms with E-state index in [4.69, 9.17) is 0 Å². The van der Waals surface area contributed by atoms with Crippen LogP contribution >= 0.6 is 11.3 Å². The van der Waals surface area contributed by atoms with Crippen molar-refractivity contribution in [3.05, 3.63) is 46.0 Å². The number of hydrogen-bond acceptors (Lipinski definition) is 5. The maximum Gasteiger partial charge on any atom is 0.268 e. The van der Waals surface area contributed by atoms with Crippen LogP contribution in [0.3, 0.4) is 0 Å². The van der Waals surface area contributed by atoms with E-state index in [1.807, 2.05) is 37.3 Å². The van der Waals surface area contributed by atoms with Gasteiger partial charge in [-0.15, -0.1) is 10.2 Å². The molecular formula is C16H16N4OS. The molecule has 1 aromatic heterocycles. The van der Waals surface area contributed by atoms with Crippen molar-refractivity contribution < 1.29 is 4.79 Å². The quantitative estimate of drug-likeness (QED) is 0.679. The average Bonchev–Trinajstić information content (AvgIpc) is 3.00. The second-order valence-corrected chi connectivity index (χ2v) is 5.64. The molecule has 0 saturated heterocycles. The van der Waals surface area contributed by atoms with Gasteiger partial charge in [-0.1, -0.05) is 49.4 Å². The van der Waals surface area contributed by atoms with Gasteiger partial charge in [0.1, 0.15) is 16.6 Å². The number of nitriles is 1. The van der Waals surface area contributed by atoms with Crippen LogP contribution in [0.5, 0.6) is 0 Å². The molecule has 22 heavy (non-hydrogen) atoms. The number of benzene rings is 1. The molecule has 0 spiro atoms. The number of nitrogens with one attached hydrogen (secondary N) is 1. The van der Waals surface area contributed by atoms with E-state index < -0.39 is 5.91 Å². The molecule has 112 valence electrons. The number of hydrogen-bond donors (Lipinski definition) is 1. The second-order valence-electron chi connectivity index (χ2n) is 4.57. The lowest BCUT2D eigenvalue weighted by molar-refractivity contribution is -0.112. The van der Waals surface area contributed by atoms with Gasteiger partial charge in [-0.05, 0) is 30.0 Å². The molecule has 6 heteroatoms. The highest BCUT2D eigenvalue weighted by atomic mass is 32.1. The highest BCUT2D eigenvalue weighted by Crippen LogP contribution is 2.17. The summed E-state index contributed by atoms with van der Waals surface area (Å²) in [5.41, 5.74) is 2.06. The summed E-state index contributed by atoms with van der Waals surface area (Å²) in [7, 11) is 0. The molecule has 2 aromatic rings. The molecule has 5 nitrogen and oxygen atoms in total. The Morgan fingerprint density at radius 2 is 2.00 bits per heavy atom. The Labute approximate surface area is 133 Å². The first-order chi connectivity index (χ1) is 10.7. The van der Waals surface area contributed by atoms with Crippen molar-refractivity contribution in [3.8, 4) is 6.07 Å². The lowest BCUT2D eigenvalue weighted by Gasteiger charge is -2.01. The fraction of sp³-hybridized carbons (Fsp3) is 0.250. The van der Waals surface area contributed by atoms with Crippen molar-refractivity contribution in [2.45, 2.75) is 26.7 Å². The first-order valence-electron chi connectivity index (χ1n) is 7.00. The van der Waals surface area contributed by atoms with Gasteiger partial charge in [0.05, 0.1) is 0 Å². The predicted molar refractivity (Wildman–Crippen MR) is 87.3 cm³/mol. The molecule has 0 radical (unpaired) electrons. The molecule has 0 unspecified atom stereocenters. The number of carbonyl (C=O) groups is 1. The molecule has 2 rings (SSSR count). The Kier molecular flexibility index (Phi) is 5.39. The van der Waals surface area contributed by atoms with Crippen molar-refractivity contribution in [3.63, 3.8) is 0 Å². The normalized spacial score (nSPS) is 11.0. The van der Waals surface area contributed by atoms with Gasteiger partial charge < -0.3 is 0 Å². The molecular weight excluding hydrogens is 296 g/mol. The molecule has 1 aromatic carbocycles. The SMILES string of the molecule is CCc1ccc(/C=C(/C#N)C(=O)Nc2nnc(CC)s2)cc1. The third-order valence-corrected chi connectivity index (χ3v) is 4.04. The standard InChI is InChI=1S/C16H16N4OS/c1-3-11-5-7-12(8-6-11)9-13(10-17)15(21)18-16-20-19-14(4-2)22-16/h5-9H,3-4H2,1-2H3,(H,18,20,21)/b13-9-. The van der Waals surface area contributed by atoms with Crippen LogP contribution in [-0.4, -0.2) is 16.1 Å². The van der Waals surface area contributed by atoms with Crippen LogP contribution in [0.25, 0.3) is 6.08 Å². The average molecular weight is 312 g/mol. The van der Waals surface area contributed by atoms with E-state index in [-0.39, 0.29) is 5.57 Å². The van der Waals surface area contributed by atoms with E-state index in [1.54, 1.807) is 6.08 Å². The van der Waals surface area contributed by atoms with Crippen molar-refractivity contribution >= 4 is 28.5 Å². The minimum Gasteiger partial charge on any atom is -0.296 e. The molecule has 0 fully saturated rings. The Morgan fingerprint density at radius 1 is 1.27 bits per heavy atom. The summed E-state index contributed by atoms with van der Waals surface area (Å²) in [5, 5.41) is 20.8. The van der Waals surface area contributed by atoms with Gasteiger partial charge in [-0.25, -0.2) is 0 Å². The monoisotopic (exact) mass is 312 g/mol. The van der Waals surface area contributed by atoms with E-state index in [2.05, 4.69) is 22.4 Å².